The van der Waals surface area contributed by atoms with E-state index in [-0.39, 0.29) is 18.1 Å². The van der Waals surface area contributed by atoms with Gasteiger partial charge in [-0.2, -0.15) is 5.10 Å². The Morgan fingerprint density at radius 3 is 2.73 bits per heavy atom. The Balaban J connectivity index is 1.47. The SMILES string of the molecule is Cc1c(Cc2ccc(-c3cnn(C)c3)nc2)cc2c(c1C)O[C@H]1C[C@H](C)N(C1)C2=O. The molecule has 2 aliphatic rings. The fraction of sp³-hybridized carbons (Fsp3) is 0.375. The number of hydrogen-bond donors (Lipinski definition) is 0. The second kappa shape index (κ2) is 6.97. The first-order chi connectivity index (χ1) is 14.4. The van der Waals surface area contributed by atoms with Crippen LogP contribution in [-0.2, 0) is 13.5 Å². The molecule has 2 aromatic heterocycles. The second-order valence-corrected chi connectivity index (χ2v) is 8.58. The van der Waals surface area contributed by atoms with E-state index in [2.05, 4.69) is 36.9 Å². The summed E-state index contributed by atoms with van der Waals surface area (Å²) < 4.78 is 8.06. The first kappa shape index (κ1) is 18.9. The van der Waals surface area contributed by atoms with Gasteiger partial charge in [0.05, 0.1) is 24.0 Å². The summed E-state index contributed by atoms with van der Waals surface area (Å²) in [4.78, 5) is 19.8. The molecule has 1 amide bonds. The average molecular weight is 402 g/mol. The van der Waals surface area contributed by atoms with Crippen LogP contribution in [-0.4, -0.2) is 44.3 Å². The van der Waals surface area contributed by atoms with Crippen molar-refractivity contribution in [2.75, 3.05) is 6.54 Å². The number of hydrogen-bond acceptors (Lipinski definition) is 4. The molecular formula is C24H26N4O2. The van der Waals surface area contributed by atoms with Crippen molar-refractivity contribution < 1.29 is 9.53 Å². The fourth-order valence-electron chi connectivity index (χ4n) is 4.60. The first-order valence-corrected chi connectivity index (χ1v) is 10.5. The van der Waals surface area contributed by atoms with Crippen molar-refractivity contribution in [2.24, 2.45) is 7.05 Å². The Morgan fingerprint density at radius 1 is 1.20 bits per heavy atom. The molecular weight excluding hydrogens is 376 g/mol. The number of ether oxygens (including phenoxy) is 1. The van der Waals surface area contributed by atoms with Crippen LogP contribution in [0.1, 0.15) is 46.0 Å². The molecule has 2 bridgehead atoms. The van der Waals surface area contributed by atoms with Crippen LogP contribution >= 0.6 is 0 Å². The van der Waals surface area contributed by atoms with Crippen LogP contribution in [0.5, 0.6) is 5.75 Å². The number of carbonyl (C=O) groups is 1. The van der Waals surface area contributed by atoms with Gasteiger partial charge in [0.1, 0.15) is 11.9 Å². The summed E-state index contributed by atoms with van der Waals surface area (Å²) in [5.41, 5.74) is 7.11. The highest BCUT2D eigenvalue weighted by atomic mass is 16.5. The van der Waals surface area contributed by atoms with Gasteiger partial charge in [0.2, 0.25) is 0 Å². The Labute approximate surface area is 176 Å². The quantitative estimate of drug-likeness (QED) is 0.670. The van der Waals surface area contributed by atoms with E-state index >= 15 is 0 Å². The molecule has 0 spiro atoms. The monoisotopic (exact) mass is 402 g/mol. The van der Waals surface area contributed by atoms with E-state index in [1.54, 1.807) is 4.68 Å². The molecule has 0 aliphatic carbocycles. The molecule has 1 fully saturated rings. The van der Waals surface area contributed by atoms with Crippen molar-refractivity contribution in [1.82, 2.24) is 19.7 Å². The Kier molecular flexibility index (Phi) is 4.38. The van der Waals surface area contributed by atoms with Crippen LogP contribution < -0.4 is 4.74 Å². The maximum absolute atomic E-state index is 13.2. The van der Waals surface area contributed by atoms with Gasteiger partial charge in [-0.15, -0.1) is 0 Å². The highest BCUT2D eigenvalue weighted by Crippen LogP contribution is 2.38. The van der Waals surface area contributed by atoms with Gasteiger partial charge in [-0.1, -0.05) is 6.07 Å². The van der Waals surface area contributed by atoms with Gasteiger partial charge < -0.3 is 9.64 Å². The summed E-state index contributed by atoms with van der Waals surface area (Å²) in [6.07, 6.45) is 7.41. The third-order valence-electron chi connectivity index (χ3n) is 6.48. The van der Waals surface area contributed by atoms with Crippen LogP contribution in [0.25, 0.3) is 11.3 Å². The molecule has 5 rings (SSSR count). The number of nitrogens with zero attached hydrogens (tertiary/aromatic N) is 4. The predicted octanol–water partition coefficient (Wildman–Crippen LogP) is 3.69. The van der Waals surface area contributed by atoms with E-state index in [4.69, 9.17) is 4.74 Å². The minimum Gasteiger partial charge on any atom is -0.487 e. The van der Waals surface area contributed by atoms with Crippen molar-refractivity contribution >= 4 is 5.91 Å². The van der Waals surface area contributed by atoms with Crippen LogP contribution in [0.4, 0.5) is 0 Å². The summed E-state index contributed by atoms with van der Waals surface area (Å²) in [5.74, 6) is 0.859. The standard InChI is InChI=1S/C24H26N4O2/c1-14-7-20-13-28(14)24(29)21-9-18(15(2)16(3)23(21)30-20)8-17-5-6-22(25-10-17)19-11-26-27(4)12-19/h5-6,9-12,14,20H,7-8,13H2,1-4H3/t14-,20-/m0/s1. The van der Waals surface area contributed by atoms with Crippen LogP contribution in [0.2, 0.25) is 0 Å². The maximum Gasteiger partial charge on any atom is 0.258 e. The number of pyridine rings is 1. The summed E-state index contributed by atoms with van der Waals surface area (Å²) in [6, 6.07) is 6.38. The van der Waals surface area contributed by atoms with E-state index in [9.17, 15) is 4.79 Å². The number of benzene rings is 1. The second-order valence-electron chi connectivity index (χ2n) is 8.58. The van der Waals surface area contributed by atoms with Gasteiger partial charge in [-0.25, -0.2) is 0 Å². The highest BCUT2D eigenvalue weighted by Gasteiger charge is 2.39. The van der Waals surface area contributed by atoms with Crippen molar-refractivity contribution in [3.63, 3.8) is 0 Å². The molecule has 0 radical (unpaired) electrons. The molecule has 2 atom stereocenters. The summed E-state index contributed by atoms with van der Waals surface area (Å²) in [6.45, 7) is 6.96. The molecule has 4 heterocycles. The van der Waals surface area contributed by atoms with E-state index in [1.165, 1.54) is 5.56 Å². The lowest BCUT2D eigenvalue weighted by Gasteiger charge is -2.24. The van der Waals surface area contributed by atoms with Gasteiger partial charge in [0, 0.05) is 37.5 Å². The Hall–Kier alpha value is -3.15. The topological polar surface area (TPSA) is 60.2 Å². The number of aryl methyl sites for hydroxylation is 1. The van der Waals surface area contributed by atoms with Gasteiger partial charge in [-0.3, -0.25) is 14.5 Å². The number of aromatic nitrogens is 3. The summed E-state index contributed by atoms with van der Waals surface area (Å²) in [5, 5.41) is 4.21. The molecule has 0 unspecified atom stereocenters. The third-order valence-corrected chi connectivity index (χ3v) is 6.48. The lowest BCUT2D eigenvalue weighted by Crippen LogP contribution is -2.33. The van der Waals surface area contributed by atoms with Crippen molar-refractivity contribution in [3.05, 3.63) is 64.6 Å². The number of rotatable bonds is 3. The minimum absolute atomic E-state index is 0.0897. The zero-order chi connectivity index (χ0) is 21.0. The lowest BCUT2D eigenvalue weighted by atomic mass is 9.93. The molecule has 1 aromatic carbocycles. The Morgan fingerprint density at radius 2 is 2.03 bits per heavy atom. The normalized spacial score (nSPS) is 20.1. The van der Waals surface area contributed by atoms with Gasteiger partial charge >= 0.3 is 0 Å². The molecule has 30 heavy (non-hydrogen) atoms. The van der Waals surface area contributed by atoms with Crippen LogP contribution in [0.15, 0.2) is 36.8 Å². The Bertz CT molecular complexity index is 1130. The molecule has 2 aliphatic heterocycles. The lowest BCUT2D eigenvalue weighted by molar-refractivity contribution is 0.0748. The molecule has 0 N–H and O–H groups in total. The predicted molar refractivity (Wildman–Crippen MR) is 115 cm³/mol. The van der Waals surface area contributed by atoms with Crippen molar-refractivity contribution in [2.45, 2.75) is 45.8 Å². The smallest absolute Gasteiger partial charge is 0.258 e. The number of amides is 1. The van der Waals surface area contributed by atoms with Crippen LogP contribution in [0, 0.1) is 13.8 Å². The van der Waals surface area contributed by atoms with Crippen molar-refractivity contribution in [1.29, 1.82) is 0 Å². The van der Waals surface area contributed by atoms with Gasteiger partial charge in [-0.05, 0) is 61.6 Å². The minimum atomic E-state index is 0.0897. The molecule has 1 saturated heterocycles. The van der Waals surface area contributed by atoms with Crippen LogP contribution in [0.3, 0.4) is 0 Å². The van der Waals surface area contributed by atoms with Gasteiger partial charge in [0.25, 0.3) is 5.91 Å². The third kappa shape index (κ3) is 3.07. The van der Waals surface area contributed by atoms with E-state index in [0.29, 0.717) is 12.1 Å². The molecule has 6 heteroatoms. The summed E-state index contributed by atoms with van der Waals surface area (Å²) in [7, 11) is 1.90. The summed E-state index contributed by atoms with van der Waals surface area (Å²) >= 11 is 0. The first-order valence-electron chi connectivity index (χ1n) is 10.5. The van der Waals surface area contributed by atoms with E-state index in [0.717, 1.165) is 46.5 Å². The average Bonchev–Trinajstić information content (AvgIpc) is 3.29. The van der Waals surface area contributed by atoms with E-state index < -0.39 is 0 Å². The largest absolute Gasteiger partial charge is 0.487 e. The number of carbonyl (C=O) groups excluding carboxylic acids is 1. The van der Waals surface area contributed by atoms with Crippen molar-refractivity contribution in [3.8, 4) is 17.0 Å². The molecule has 3 aromatic rings. The molecule has 0 saturated carbocycles. The zero-order valence-electron chi connectivity index (χ0n) is 17.8. The fourth-order valence-corrected chi connectivity index (χ4v) is 4.60. The molecule has 154 valence electrons. The maximum atomic E-state index is 13.2. The van der Waals surface area contributed by atoms with E-state index in [1.807, 2.05) is 42.7 Å². The highest BCUT2D eigenvalue weighted by molar-refractivity contribution is 5.98. The molecule has 6 nitrogen and oxygen atoms in total. The zero-order valence-corrected chi connectivity index (χ0v) is 17.8. The van der Waals surface area contributed by atoms with Gasteiger partial charge in [0.15, 0.2) is 0 Å². The number of fused-ring (bicyclic) bond motifs is 3.